The fourth-order valence-electron chi connectivity index (χ4n) is 1.15. The highest BCUT2D eigenvalue weighted by molar-refractivity contribution is 6.17. The number of ether oxygens (including phenoxy) is 1. The minimum absolute atomic E-state index is 0.0435. The molecule has 0 amide bonds. The maximum atomic E-state index is 11.5. The van der Waals surface area contributed by atoms with Crippen LogP contribution in [0.25, 0.3) is 0 Å². The second-order valence-electron chi connectivity index (χ2n) is 2.99. The number of rotatable bonds is 5. The summed E-state index contributed by atoms with van der Waals surface area (Å²) < 4.78 is 6.83. The van der Waals surface area contributed by atoms with Gasteiger partial charge in [-0.2, -0.15) is 0 Å². The maximum Gasteiger partial charge on any atom is 0.253 e. The van der Waals surface area contributed by atoms with E-state index >= 15 is 0 Å². The molecular formula is C10H14ClNO2. The molecule has 0 aromatic carbocycles. The first-order valence-corrected chi connectivity index (χ1v) is 5.09. The fourth-order valence-corrected chi connectivity index (χ4v) is 1.26. The van der Waals surface area contributed by atoms with Crippen molar-refractivity contribution in [2.75, 3.05) is 19.1 Å². The number of aromatic nitrogens is 1. The largest absolute Gasteiger partial charge is 0.378 e. The zero-order valence-corrected chi connectivity index (χ0v) is 8.96. The molecule has 1 heterocycles. The molecular weight excluding hydrogens is 202 g/mol. The number of halogens is 1. The Morgan fingerprint density at radius 1 is 1.50 bits per heavy atom. The quantitative estimate of drug-likeness (QED) is 0.550. The second-order valence-corrected chi connectivity index (χ2v) is 3.37. The summed E-state index contributed by atoms with van der Waals surface area (Å²) in [5.74, 6) is 0.489. The third-order valence-electron chi connectivity index (χ3n) is 1.91. The first-order valence-electron chi connectivity index (χ1n) is 4.55. The van der Waals surface area contributed by atoms with Gasteiger partial charge in [-0.15, -0.1) is 11.6 Å². The van der Waals surface area contributed by atoms with Gasteiger partial charge in [0, 0.05) is 24.2 Å². The summed E-state index contributed by atoms with van der Waals surface area (Å²) in [6, 6.07) is 3.66. The smallest absolute Gasteiger partial charge is 0.253 e. The number of aryl methyl sites for hydroxylation is 1. The van der Waals surface area contributed by atoms with E-state index in [-0.39, 0.29) is 5.56 Å². The van der Waals surface area contributed by atoms with E-state index in [1.54, 1.807) is 23.8 Å². The van der Waals surface area contributed by atoms with Crippen LogP contribution in [0.1, 0.15) is 5.56 Å². The highest BCUT2D eigenvalue weighted by Gasteiger charge is 1.97. The molecule has 0 aliphatic rings. The second kappa shape index (κ2) is 5.83. The van der Waals surface area contributed by atoms with Crippen molar-refractivity contribution in [2.24, 2.45) is 0 Å². The molecule has 78 valence electrons. The number of hydrogen-bond donors (Lipinski definition) is 0. The van der Waals surface area contributed by atoms with Gasteiger partial charge in [-0.3, -0.25) is 4.79 Å². The Balaban J connectivity index is 2.51. The number of hydrogen-bond acceptors (Lipinski definition) is 2. The topological polar surface area (TPSA) is 31.2 Å². The molecule has 0 atom stereocenters. The zero-order chi connectivity index (χ0) is 10.4. The minimum Gasteiger partial charge on any atom is -0.378 e. The summed E-state index contributed by atoms with van der Waals surface area (Å²) in [4.78, 5) is 11.5. The summed E-state index contributed by atoms with van der Waals surface area (Å²) in [5.41, 5.74) is 0.798. The minimum atomic E-state index is 0.0435. The monoisotopic (exact) mass is 215 g/mol. The van der Waals surface area contributed by atoms with Crippen LogP contribution in [0.5, 0.6) is 0 Å². The fraction of sp³-hybridized carbons (Fsp3) is 0.500. The SMILES string of the molecule is Cc1cccn(CCOCCCl)c1=O. The molecule has 0 spiro atoms. The van der Waals surface area contributed by atoms with Gasteiger partial charge in [0.1, 0.15) is 0 Å². The van der Waals surface area contributed by atoms with Crippen LogP contribution in [-0.2, 0) is 11.3 Å². The van der Waals surface area contributed by atoms with E-state index in [9.17, 15) is 4.79 Å². The lowest BCUT2D eigenvalue weighted by atomic mass is 10.3. The first kappa shape index (κ1) is 11.3. The molecule has 0 aliphatic heterocycles. The predicted octanol–water partition coefficient (Wildman–Crippen LogP) is 1.41. The van der Waals surface area contributed by atoms with Crippen molar-refractivity contribution in [1.29, 1.82) is 0 Å². The Kier molecular flexibility index (Phi) is 4.70. The number of alkyl halides is 1. The zero-order valence-electron chi connectivity index (χ0n) is 8.20. The molecule has 0 aliphatic carbocycles. The van der Waals surface area contributed by atoms with Gasteiger partial charge in [-0.05, 0) is 13.0 Å². The van der Waals surface area contributed by atoms with Gasteiger partial charge in [-0.25, -0.2) is 0 Å². The van der Waals surface area contributed by atoms with Crippen LogP contribution >= 0.6 is 11.6 Å². The lowest BCUT2D eigenvalue weighted by molar-refractivity contribution is 0.140. The van der Waals surface area contributed by atoms with E-state index < -0.39 is 0 Å². The van der Waals surface area contributed by atoms with Crippen molar-refractivity contribution in [3.05, 3.63) is 34.2 Å². The Labute approximate surface area is 88.3 Å². The summed E-state index contributed by atoms with van der Waals surface area (Å²) in [6.07, 6.45) is 1.76. The van der Waals surface area contributed by atoms with E-state index in [0.717, 1.165) is 5.56 Å². The first-order chi connectivity index (χ1) is 6.75. The Morgan fingerprint density at radius 3 is 3.00 bits per heavy atom. The molecule has 0 saturated heterocycles. The number of nitrogens with zero attached hydrogens (tertiary/aromatic N) is 1. The van der Waals surface area contributed by atoms with Crippen molar-refractivity contribution in [1.82, 2.24) is 4.57 Å². The molecule has 3 nitrogen and oxygen atoms in total. The van der Waals surface area contributed by atoms with E-state index in [1.165, 1.54) is 0 Å². The van der Waals surface area contributed by atoms with Crippen LogP contribution in [0.15, 0.2) is 23.1 Å². The summed E-state index contributed by atoms with van der Waals surface area (Å²) in [7, 11) is 0. The van der Waals surface area contributed by atoms with Crippen LogP contribution in [0, 0.1) is 6.92 Å². The Bertz CT molecular complexity index is 335. The van der Waals surface area contributed by atoms with Crippen molar-refractivity contribution in [3.63, 3.8) is 0 Å². The maximum absolute atomic E-state index is 11.5. The van der Waals surface area contributed by atoms with Gasteiger partial charge < -0.3 is 9.30 Å². The molecule has 1 aromatic heterocycles. The van der Waals surface area contributed by atoms with E-state index in [1.807, 2.05) is 6.07 Å². The molecule has 4 heteroatoms. The average molecular weight is 216 g/mol. The van der Waals surface area contributed by atoms with Gasteiger partial charge in [0.2, 0.25) is 0 Å². The summed E-state index contributed by atoms with van der Waals surface area (Å²) in [5, 5.41) is 0. The molecule has 0 fully saturated rings. The van der Waals surface area contributed by atoms with Crippen LogP contribution in [0.3, 0.4) is 0 Å². The number of pyridine rings is 1. The highest BCUT2D eigenvalue weighted by atomic mass is 35.5. The lowest BCUT2D eigenvalue weighted by Gasteiger charge is -2.06. The van der Waals surface area contributed by atoms with Crippen LogP contribution in [0.2, 0.25) is 0 Å². The van der Waals surface area contributed by atoms with Crippen molar-refractivity contribution >= 4 is 11.6 Å². The van der Waals surface area contributed by atoms with Gasteiger partial charge >= 0.3 is 0 Å². The van der Waals surface area contributed by atoms with Crippen LogP contribution in [0.4, 0.5) is 0 Å². The molecule has 0 N–H and O–H groups in total. The van der Waals surface area contributed by atoms with Crippen molar-refractivity contribution in [3.8, 4) is 0 Å². The van der Waals surface area contributed by atoms with Gasteiger partial charge in [0.25, 0.3) is 5.56 Å². The molecule has 1 rings (SSSR count). The highest BCUT2D eigenvalue weighted by Crippen LogP contribution is 1.89. The summed E-state index contributed by atoms with van der Waals surface area (Å²) in [6.45, 7) is 3.44. The van der Waals surface area contributed by atoms with E-state index in [4.69, 9.17) is 16.3 Å². The summed E-state index contributed by atoms with van der Waals surface area (Å²) >= 11 is 5.45. The van der Waals surface area contributed by atoms with Gasteiger partial charge in [-0.1, -0.05) is 6.07 Å². The molecule has 0 bridgehead atoms. The van der Waals surface area contributed by atoms with Crippen LogP contribution < -0.4 is 5.56 Å². The average Bonchev–Trinajstić information content (AvgIpc) is 2.19. The molecule has 1 aromatic rings. The molecule has 14 heavy (non-hydrogen) atoms. The lowest BCUT2D eigenvalue weighted by Crippen LogP contribution is -2.23. The van der Waals surface area contributed by atoms with E-state index in [0.29, 0.717) is 25.6 Å². The van der Waals surface area contributed by atoms with Gasteiger partial charge in [0.15, 0.2) is 0 Å². The third-order valence-corrected chi connectivity index (χ3v) is 2.06. The predicted molar refractivity (Wildman–Crippen MR) is 57.0 cm³/mol. The van der Waals surface area contributed by atoms with E-state index in [2.05, 4.69) is 0 Å². The van der Waals surface area contributed by atoms with Gasteiger partial charge in [0.05, 0.1) is 13.2 Å². The van der Waals surface area contributed by atoms with Crippen molar-refractivity contribution < 1.29 is 4.74 Å². The Hall–Kier alpha value is -0.800. The molecule has 0 unspecified atom stereocenters. The van der Waals surface area contributed by atoms with Crippen molar-refractivity contribution in [2.45, 2.75) is 13.5 Å². The Morgan fingerprint density at radius 2 is 2.29 bits per heavy atom. The normalized spacial score (nSPS) is 10.4. The molecule has 0 radical (unpaired) electrons. The third kappa shape index (κ3) is 3.16. The van der Waals surface area contributed by atoms with Crippen LogP contribution in [-0.4, -0.2) is 23.7 Å². The molecule has 0 saturated carbocycles. The standard InChI is InChI=1S/C10H14ClNO2/c1-9-3-2-5-12(10(9)13)6-8-14-7-4-11/h2-3,5H,4,6-8H2,1H3.